The van der Waals surface area contributed by atoms with Crippen molar-refractivity contribution in [3.63, 3.8) is 0 Å². The highest BCUT2D eigenvalue weighted by molar-refractivity contribution is 5.74. The molecule has 1 atom stereocenters. The normalized spacial score (nSPS) is 16.8. The van der Waals surface area contributed by atoms with Crippen molar-refractivity contribution in [3.8, 4) is 0 Å². The van der Waals surface area contributed by atoms with Crippen LogP contribution in [0.25, 0.3) is 0 Å². The van der Waals surface area contributed by atoms with Crippen LogP contribution in [0.4, 0.5) is 4.39 Å². The highest BCUT2D eigenvalue weighted by Gasteiger charge is 2.22. The molecule has 1 unspecified atom stereocenters. The van der Waals surface area contributed by atoms with Gasteiger partial charge in [0.05, 0.1) is 6.42 Å². The van der Waals surface area contributed by atoms with E-state index in [1.807, 2.05) is 0 Å². The fourth-order valence-electron chi connectivity index (χ4n) is 0.488. The topological polar surface area (TPSA) is 43.1 Å². The van der Waals surface area contributed by atoms with Gasteiger partial charge < -0.3 is 5.73 Å². The summed E-state index contributed by atoms with van der Waals surface area (Å²) in [5, 5.41) is 0. The predicted octanol–water partition coefficient (Wildman–Crippen LogP) is 1.00. The molecule has 0 spiro atoms. The van der Waals surface area contributed by atoms with E-state index in [0.717, 1.165) is 0 Å². The number of hydrogen-bond acceptors (Lipinski definition) is 1. The van der Waals surface area contributed by atoms with E-state index in [2.05, 4.69) is 0 Å². The summed E-state index contributed by atoms with van der Waals surface area (Å²) in [5.41, 5.74) is 3.36. The molecule has 2 nitrogen and oxygen atoms in total. The van der Waals surface area contributed by atoms with Gasteiger partial charge in [-0.3, -0.25) is 4.79 Å². The first-order valence-electron chi connectivity index (χ1n) is 2.95. The van der Waals surface area contributed by atoms with E-state index in [0.29, 0.717) is 6.42 Å². The third-order valence-electron chi connectivity index (χ3n) is 1.28. The molecule has 0 radical (unpaired) electrons. The monoisotopic (exact) mass is 133 g/mol. The molecule has 0 bridgehead atoms. The highest BCUT2D eigenvalue weighted by Crippen LogP contribution is 2.18. The Labute approximate surface area is 54.2 Å². The molecule has 0 aliphatic rings. The van der Waals surface area contributed by atoms with Crippen LogP contribution in [0.2, 0.25) is 0 Å². The first-order valence-corrected chi connectivity index (χ1v) is 2.95. The number of nitrogens with two attached hydrogens (primary N) is 1. The number of carbonyl (C=O) groups excluding carboxylic acids is 1. The average Bonchev–Trinajstić information content (AvgIpc) is 1.63. The molecule has 0 heterocycles. The van der Waals surface area contributed by atoms with Gasteiger partial charge in [-0.25, -0.2) is 4.39 Å². The van der Waals surface area contributed by atoms with Crippen molar-refractivity contribution in [3.05, 3.63) is 0 Å². The molecule has 0 aliphatic heterocycles. The van der Waals surface area contributed by atoms with E-state index < -0.39 is 11.6 Å². The molecule has 0 fully saturated rings. The average molecular weight is 133 g/mol. The molecule has 0 saturated carbocycles. The summed E-state index contributed by atoms with van der Waals surface area (Å²) in [5.74, 6) is -0.582. The van der Waals surface area contributed by atoms with Crippen molar-refractivity contribution >= 4 is 5.91 Å². The molecule has 0 saturated heterocycles. The zero-order valence-electron chi connectivity index (χ0n) is 5.78. The predicted molar refractivity (Wildman–Crippen MR) is 33.6 cm³/mol. The van der Waals surface area contributed by atoms with Gasteiger partial charge in [-0.15, -0.1) is 0 Å². The molecule has 0 aromatic heterocycles. The number of rotatable bonds is 3. The standard InChI is InChI=1S/C6H12FNO/c1-3-6(2,7)4-5(8)9/h3-4H2,1-2H3,(H2,8,9). The van der Waals surface area contributed by atoms with Crippen molar-refractivity contribution in [1.82, 2.24) is 0 Å². The molecular weight excluding hydrogens is 121 g/mol. The van der Waals surface area contributed by atoms with Crippen molar-refractivity contribution in [2.24, 2.45) is 5.73 Å². The second-order valence-corrected chi connectivity index (χ2v) is 2.41. The second kappa shape index (κ2) is 2.80. The molecule has 2 N–H and O–H groups in total. The summed E-state index contributed by atoms with van der Waals surface area (Å²) in [4.78, 5) is 10.2. The Balaban J connectivity index is 3.71. The van der Waals surface area contributed by atoms with Gasteiger partial charge in [-0.2, -0.15) is 0 Å². The lowest BCUT2D eigenvalue weighted by Gasteiger charge is -2.14. The Morgan fingerprint density at radius 2 is 2.22 bits per heavy atom. The van der Waals surface area contributed by atoms with Crippen LogP contribution in [-0.2, 0) is 4.79 Å². The van der Waals surface area contributed by atoms with Crippen LogP contribution in [-0.4, -0.2) is 11.6 Å². The number of primary amides is 1. The minimum Gasteiger partial charge on any atom is -0.370 e. The number of alkyl halides is 1. The van der Waals surface area contributed by atoms with Gasteiger partial charge >= 0.3 is 0 Å². The Kier molecular flexibility index (Phi) is 2.62. The van der Waals surface area contributed by atoms with Crippen LogP contribution < -0.4 is 5.73 Å². The van der Waals surface area contributed by atoms with Crippen LogP contribution in [0.15, 0.2) is 0 Å². The summed E-state index contributed by atoms with van der Waals surface area (Å²) < 4.78 is 12.8. The number of carbonyl (C=O) groups is 1. The maximum atomic E-state index is 12.8. The summed E-state index contributed by atoms with van der Waals surface area (Å²) in [6.07, 6.45) is 0.152. The molecule has 3 heteroatoms. The van der Waals surface area contributed by atoms with Crippen LogP contribution in [0.1, 0.15) is 26.7 Å². The minimum atomic E-state index is -1.41. The van der Waals surface area contributed by atoms with Crippen molar-refractivity contribution in [2.45, 2.75) is 32.4 Å². The van der Waals surface area contributed by atoms with E-state index in [9.17, 15) is 9.18 Å². The summed E-state index contributed by atoms with van der Waals surface area (Å²) in [7, 11) is 0. The zero-order valence-corrected chi connectivity index (χ0v) is 5.78. The number of hydrogen-bond donors (Lipinski definition) is 1. The summed E-state index contributed by atoms with van der Waals surface area (Å²) in [6.45, 7) is 3.06. The van der Waals surface area contributed by atoms with Crippen LogP contribution >= 0.6 is 0 Å². The third kappa shape index (κ3) is 3.94. The van der Waals surface area contributed by atoms with Gasteiger partial charge in [0, 0.05) is 0 Å². The van der Waals surface area contributed by atoms with Gasteiger partial charge in [0.15, 0.2) is 0 Å². The SMILES string of the molecule is CCC(C)(F)CC(N)=O. The Morgan fingerprint density at radius 3 is 2.33 bits per heavy atom. The maximum absolute atomic E-state index is 12.8. The lowest BCUT2D eigenvalue weighted by Crippen LogP contribution is -2.25. The Bertz CT molecular complexity index is 112. The fourth-order valence-corrected chi connectivity index (χ4v) is 0.488. The van der Waals surface area contributed by atoms with Gasteiger partial charge in [-0.05, 0) is 13.3 Å². The molecule has 0 aromatic rings. The molecule has 0 aromatic carbocycles. The maximum Gasteiger partial charge on any atom is 0.220 e. The lowest BCUT2D eigenvalue weighted by atomic mass is 10.0. The molecule has 54 valence electrons. The summed E-state index contributed by atoms with van der Waals surface area (Å²) >= 11 is 0. The smallest absolute Gasteiger partial charge is 0.220 e. The number of halogens is 1. The summed E-state index contributed by atoms with van der Waals surface area (Å²) in [6, 6.07) is 0. The Hall–Kier alpha value is -0.600. The highest BCUT2D eigenvalue weighted by atomic mass is 19.1. The van der Waals surface area contributed by atoms with Crippen LogP contribution in [0.5, 0.6) is 0 Å². The zero-order chi connectivity index (χ0) is 7.49. The number of amides is 1. The largest absolute Gasteiger partial charge is 0.370 e. The quantitative estimate of drug-likeness (QED) is 0.613. The first-order chi connectivity index (χ1) is 3.98. The Morgan fingerprint density at radius 1 is 1.78 bits per heavy atom. The minimum absolute atomic E-state index is 0.177. The van der Waals surface area contributed by atoms with Crippen molar-refractivity contribution < 1.29 is 9.18 Å². The van der Waals surface area contributed by atoms with Gasteiger partial charge in [0.2, 0.25) is 5.91 Å². The second-order valence-electron chi connectivity index (χ2n) is 2.41. The van der Waals surface area contributed by atoms with Crippen molar-refractivity contribution in [1.29, 1.82) is 0 Å². The molecule has 0 rings (SSSR count). The first kappa shape index (κ1) is 8.40. The van der Waals surface area contributed by atoms with E-state index in [4.69, 9.17) is 5.73 Å². The van der Waals surface area contributed by atoms with Gasteiger partial charge in [-0.1, -0.05) is 6.92 Å². The third-order valence-corrected chi connectivity index (χ3v) is 1.28. The molecular formula is C6H12FNO. The van der Waals surface area contributed by atoms with Gasteiger partial charge in [0.25, 0.3) is 0 Å². The van der Waals surface area contributed by atoms with E-state index >= 15 is 0 Å². The van der Waals surface area contributed by atoms with Crippen molar-refractivity contribution in [2.75, 3.05) is 0 Å². The van der Waals surface area contributed by atoms with Crippen LogP contribution in [0.3, 0.4) is 0 Å². The fraction of sp³-hybridized carbons (Fsp3) is 0.833. The molecule has 0 aliphatic carbocycles. The molecule has 1 amide bonds. The van der Waals surface area contributed by atoms with Crippen LogP contribution in [0, 0.1) is 0 Å². The van der Waals surface area contributed by atoms with E-state index in [1.165, 1.54) is 6.92 Å². The van der Waals surface area contributed by atoms with E-state index in [1.54, 1.807) is 6.92 Å². The lowest BCUT2D eigenvalue weighted by molar-refractivity contribution is -0.120. The van der Waals surface area contributed by atoms with Gasteiger partial charge in [0.1, 0.15) is 5.67 Å². The molecule has 9 heavy (non-hydrogen) atoms. The van der Waals surface area contributed by atoms with E-state index in [-0.39, 0.29) is 6.42 Å².